The Morgan fingerprint density at radius 1 is 1.09 bits per heavy atom. The van der Waals surface area contributed by atoms with Crippen molar-refractivity contribution in [2.24, 2.45) is 5.92 Å². The van der Waals surface area contributed by atoms with Gasteiger partial charge in [0.1, 0.15) is 5.82 Å². The average molecular weight is 436 g/mol. The minimum absolute atomic E-state index is 0.221. The predicted molar refractivity (Wildman–Crippen MR) is 128 cm³/mol. The monoisotopic (exact) mass is 435 g/mol. The van der Waals surface area contributed by atoms with E-state index < -0.39 is 0 Å². The quantitative estimate of drug-likeness (QED) is 0.535. The average Bonchev–Trinajstić information content (AvgIpc) is 3.36. The molecule has 0 N–H and O–H groups in total. The smallest absolute Gasteiger partial charge is 0.224 e. The Morgan fingerprint density at radius 3 is 2.56 bits per heavy atom. The summed E-state index contributed by atoms with van der Waals surface area (Å²) < 4.78 is 5.57. The van der Waals surface area contributed by atoms with Gasteiger partial charge in [-0.05, 0) is 36.7 Å². The fraction of sp³-hybridized carbons (Fsp3) is 0.480. The van der Waals surface area contributed by atoms with E-state index in [-0.39, 0.29) is 5.91 Å². The molecule has 1 saturated heterocycles. The molecule has 0 saturated carbocycles. The number of fused-ring (bicyclic) bond motifs is 1. The third kappa shape index (κ3) is 5.10. The first-order valence-electron chi connectivity index (χ1n) is 11.6. The summed E-state index contributed by atoms with van der Waals surface area (Å²) >= 11 is 0. The van der Waals surface area contributed by atoms with E-state index in [0.29, 0.717) is 30.5 Å². The highest BCUT2D eigenvalue weighted by molar-refractivity contribution is 5.91. The van der Waals surface area contributed by atoms with E-state index in [4.69, 9.17) is 14.4 Å². The Kier molecular flexibility index (Phi) is 7.05. The number of benzene rings is 1. The molecule has 0 unspecified atom stereocenters. The topological polar surface area (TPSA) is 65.7 Å². The van der Waals surface area contributed by atoms with Crippen LogP contribution in [0, 0.1) is 5.92 Å². The van der Waals surface area contributed by atoms with Gasteiger partial charge in [-0.3, -0.25) is 4.79 Å². The van der Waals surface area contributed by atoms with Gasteiger partial charge < -0.3 is 19.1 Å². The van der Waals surface area contributed by atoms with Gasteiger partial charge >= 0.3 is 0 Å². The van der Waals surface area contributed by atoms with Crippen molar-refractivity contribution < 1.29 is 9.21 Å². The van der Waals surface area contributed by atoms with Crippen LogP contribution in [0.2, 0.25) is 0 Å². The van der Waals surface area contributed by atoms with Gasteiger partial charge in [0.05, 0.1) is 11.8 Å². The van der Waals surface area contributed by atoms with Crippen LogP contribution in [0.1, 0.15) is 27.2 Å². The molecule has 32 heavy (non-hydrogen) atoms. The number of rotatable bonds is 8. The van der Waals surface area contributed by atoms with Crippen molar-refractivity contribution in [3.05, 3.63) is 42.7 Å². The maximum atomic E-state index is 13.0. The molecule has 0 aliphatic carbocycles. The molecule has 1 fully saturated rings. The summed E-state index contributed by atoms with van der Waals surface area (Å²) in [6.45, 7) is 12.6. The largest absolute Gasteiger partial charge is 0.461 e. The van der Waals surface area contributed by atoms with Crippen molar-refractivity contribution in [3.63, 3.8) is 0 Å². The van der Waals surface area contributed by atoms with Crippen molar-refractivity contribution in [2.75, 3.05) is 50.7 Å². The fourth-order valence-corrected chi connectivity index (χ4v) is 4.24. The summed E-state index contributed by atoms with van der Waals surface area (Å²) in [7, 11) is 0. The molecule has 170 valence electrons. The van der Waals surface area contributed by atoms with Crippen LogP contribution in [-0.2, 0) is 4.79 Å². The second kappa shape index (κ2) is 10.1. The lowest BCUT2D eigenvalue weighted by Gasteiger charge is -2.35. The lowest BCUT2D eigenvalue weighted by Crippen LogP contribution is -2.49. The Bertz CT molecular complexity index is 1030. The van der Waals surface area contributed by atoms with E-state index in [2.05, 4.69) is 36.6 Å². The fourth-order valence-electron chi connectivity index (χ4n) is 4.24. The number of hydrogen-bond donors (Lipinski definition) is 0. The summed E-state index contributed by atoms with van der Waals surface area (Å²) in [6.07, 6.45) is 2.11. The van der Waals surface area contributed by atoms with Crippen molar-refractivity contribution >= 4 is 22.6 Å². The summed E-state index contributed by atoms with van der Waals surface area (Å²) in [5, 5.41) is 0.993. The zero-order chi connectivity index (χ0) is 22.5. The molecule has 1 aliphatic rings. The number of carbonyl (C=O) groups excluding carboxylic acids is 1. The SMILES string of the molecule is CCN1CCN(C(=O)CCN(CC(C)C)c2nc(-c3ccco3)nc3ccccc23)CC1. The molecular formula is C25H33N5O2. The highest BCUT2D eigenvalue weighted by Gasteiger charge is 2.22. The van der Waals surface area contributed by atoms with Gasteiger partial charge in [-0.25, -0.2) is 9.97 Å². The number of nitrogens with zero attached hydrogens (tertiary/aromatic N) is 5. The summed E-state index contributed by atoms with van der Waals surface area (Å²) in [6, 6.07) is 11.8. The molecule has 0 bridgehead atoms. The van der Waals surface area contributed by atoms with E-state index in [1.165, 1.54) is 0 Å². The maximum Gasteiger partial charge on any atom is 0.224 e. The van der Waals surface area contributed by atoms with Crippen molar-refractivity contribution in [1.29, 1.82) is 0 Å². The Morgan fingerprint density at radius 2 is 1.88 bits per heavy atom. The number of amides is 1. The van der Waals surface area contributed by atoms with Crippen LogP contribution in [0.5, 0.6) is 0 Å². The molecule has 3 aromatic rings. The molecule has 0 radical (unpaired) electrons. The lowest BCUT2D eigenvalue weighted by atomic mass is 10.1. The zero-order valence-corrected chi connectivity index (χ0v) is 19.3. The maximum absolute atomic E-state index is 13.0. The van der Waals surface area contributed by atoms with E-state index in [9.17, 15) is 4.79 Å². The summed E-state index contributed by atoms with van der Waals surface area (Å²) in [5.74, 6) is 2.73. The standard InChI is InChI=1S/C25H33N5O2/c1-4-28-13-15-29(16-14-28)23(31)11-12-30(18-19(2)3)25-20-8-5-6-9-21(20)26-24(27-25)22-10-7-17-32-22/h5-10,17,19H,4,11-16,18H2,1-3H3. The molecule has 1 aliphatic heterocycles. The molecule has 7 heteroatoms. The van der Waals surface area contributed by atoms with Gasteiger partial charge in [-0.2, -0.15) is 0 Å². The molecule has 2 aromatic heterocycles. The summed E-state index contributed by atoms with van der Waals surface area (Å²) in [5.41, 5.74) is 0.875. The highest BCUT2D eigenvalue weighted by Crippen LogP contribution is 2.28. The van der Waals surface area contributed by atoms with Crippen molar-refractivity contribution in [1.82, 2.24) is 19.8 Å². The Hall–Kier alpha value is -2.93. The summed E-state index contributed by atoms with van der Waals surface area (Å²) in [4.78, 5) is 29.2. The number of hydrogen-bond acceptors (Lipinski definition) is 6. The van der Waals surface area contributed by atoms with Gasteiger partial charge in [-0.15, -0.1) is 0 Å². The van der Waals surface area contributed by atoms with E-state index >= 15 is 0 Å². The molecule has 4 rings (SSSR count). The van der Waals surface area contributed by atoms with Gasteiger partial charge in [0.15, 0.2) is 11.6 Å². The number of furan rings is 1. The van der Waals surface area contributed by atoms with Crippen LogP contribution < -0.4 is 4.90 Å². The number of likely N-dealkylation sites (N-methyl/N-ethyl adjacent to an activating group) is 1. The first-order chi connectivity index (χ1) is 15.5. The highest BCUT2D eigenvalue weighted by atomic mass is 16.3. The Labute approximate surface area is 190 Å². The molecule has 1 aromatic carbocycles. The number of piperazine rings is 1. The molecular weight excluding hydrogens is 402 g/mol. The van der Waals surface area contributed by atoms with Crippen LogP contribution in [0.15, 0.2) is 47.1 Å². The van der Waals surface area contributed by atoms with Crippen LogP contribution in [0.4, 0.5) is 5.82 Å². The van der Waals surface area contributed by atoms with Crippen LogP contribution >= 0.6 is 0 Å². The second-order valence-electron chi connectivity index (χ2n) is 8.77. The molecule has 0 spiro atoms. The molecule has 3 heterocycles. The van der Waals surface area contributed by atoms with E-state index in [1.54, 1.807) is 6.26 Å². The minimum Gasteiger partial charge on any atom is -0.461 e. The predicted octanol–water partition coefficient (Wildman–Crippen LogP) is 3.91. The third-order valence-electron chi connectivity index (χ3n) is 5.98. The van der Waals surface area contributed by atoms with Crippen molar-refractivity contribution in [3.8, 4) is 11.6 Å². The third-order valence-corrected chi connectivity index (χ3v) is 5.98. The lowest BCUT2D eigenvalue weighted by molar-refractivity contribution is -0.132. The van der Waals surface area contributed by atoms with E-state index in [0.717, 1.165) is 56.0 Å². The van der Waals surface area contributed by atoms with Gasteiger partial charge in [-0.1, -0.05) is 32.9 Å². The minimum atomic E-state index is 0.221. The first-order valence-corrected chi connectivity index (χ1v) is 11.6. The number of anilines is 1. The van der Waals surface area contributed by atoms with Crippen molar-refractivity contribution in [2.45, 2.75) is 27.2 Å². The molecule has 7 nitrogen and oxygen atoms in total. The zero-order valence-electron chi connectivity index (χ0n) is 19.3. The van der Waals surface area contributed by atoms with Crippen LogP contribution in [0.3, 0.4) is 0 Å². The van der Waals surface area contributed by atoms with Gasteiger partial charge in [0.2, 0.25) is 5.91 Å². The number of aromatic nitrogens is 2. The molecule has 0 atom stereocenters. The second-order valence-corrected chi connectivity index (χ2v) is 8.77. The van der Waals surface area contributed by atoms with Gasteiger partial charge in [0.25, 0.3) is 0 Å². The van der Waals surface area contributed by atoms with Crippen LogP contribution in [0.25, 0.3) is 22.5 Å². The first kappa shape index (κ1) is 22.3. The van der Waals surface area contributed by atoms with E-state index in [1.807, 2.05) is 35.2 Å². The van der Waals surface area contributed by atoms with Gasteiger partial charge in [0, 0.05) is 51.1 Å². The normalized spacial score (nSPS) is 14.9. The number of para-hydroxylation sites is 1. The number of carbonyl (C=O) groups is 1. The van der Waals surface area contributed by atoms with Crippen LogP contribution in [-0.4, -0.2) is 71.5 Å². The molecule has 1 amide bonds. The Balaban J connectivity index is 1.58.